The molecule has 1 fully saturated rings. The molecule has 1 aromatic carbocycles. The molecule has 0 bridgehead atoms. The van der Waals surface area contributed by atoms with Gasteiger partial charge < -0.3 is 10.1 Å². The van der Waals surface area contributed by atoms with E-state index in [-0.39, 0.29) is 0 Å². The number of methoxy groups -OCH3 is 1. The van der Waals surface area contributed by atoms with Gasteiger partial charge in [0.1, 0.15) is 0 Å². The van der Waals surface area contributed by atoms with E-state index in [1.807, 2.05) is 12.3 Å². The molecule has 0 unspecified atom stereocenters. The van der Waals surface area contributed by atoms with Crippen LogP contribution in [0.4, 0.5) is 0 Å². The van der Waals surface area contributed by atoms with Crippen molar-refractivity contribution in [3.63, 3.8) is 0 Å². The lowest BCUT2D eigenvalue weighted by Crippen LogP contribution is -2.39. The average Bonchev–Trinajstić information content (AvgIpc) is 2.48. The summed E-state index contributed by atoms with van der Waals surface area (Å²) in [5.41, 5.74) is 2.64. The molecule has 1 heterocycles. The van der Waals surface area contributed by atoms with Crippen LogP contribution in [0.3, 0.4) is 0 Å². The van der Waals surface area contributed by atoms with Gasteiger partial charge in [0.25, 0.3) is 0 Å². The van der Waals surface area contributed by atoms with Crippen LogP contribution >= 0.6 is 15.9 Å². The maximum absolute atomic E-state index is 5.06. The maximum atomic E-state index is 5.06. The van der Waals surface area contributed by atoms with Gasteiger partial charge in [-0.3, -0.25) is 0 Å². The molecule has 1 saturated carbocycles. The molecule has 1 aliphatic rings. The first-order valence-corrected chi connectivity index (χ1v) is 8.01. The fourth-order valence-electron chi connectivity index (χ4n) is 2.69. The Morgan fingerprint density at radius 3 is 2.57 bits per heavy atom. The highest BCUT2D eigenvalue weighted by molar-refractivity contribution is 9.10. The second-order valence-electron chi connectivity index (χ2n) is 5.51. The van der Waals surface area contributed by atoms with E-state index in [0.29, 0.717) is 17.8 Å². The number of benzene rings is 1. The van der Waals surface area contributed by atoms with Crippen molar-refractivity contribution in [3.05, 3.63) is 58.2 Å². The Morgan fingerprint density at radius 1 is 1.19 bits per heavy atom. The third-order valence-electron chi connectivity index (χ3n) is 4.08. The maximum Gasteiger partial charge on any atom is 0.212 e. The Morgan fingerprint density at radius 2 is 1.95 bits per heavy atom. The summed E-state index contributed by atoms with van der Waals surface area (Å²) in [4.78, 5) is 4.22. The lowest BCUT2D eigenvalue weighted by Gasteiger charge is -2.36. The average molecular weight is 347 g/mol. The van der Waals surface area contributed by atoms with Gasteiger partial charge >= 0.3 is 0 Å². The summed E-state index contributed by atoms with van der Waals surface area (Å²) in [6, 6.07) is 13.3. The second kappa shape index (κ2) is 6.58. The summed E-state index contributed by atoms with van der Waals surface area (Å²) in [5.74, 6) is 1.36. The minimum atomic E-state index is 0.612. The monoisotopic (exact) mass is 346 g/mol. The Kier molecular flexibility index (Phi) is 4.56. The SMILES string of the molecule is COc1ccc(CNC2CC(c3ccc(Br)cc3)C2)cn1. The van der Waals surface area contributed by atoms with E-state index in [9.17, 15) is 0 Å². The van der Waals surface area contributed by atoms with Gasteiger partial charge in [0, 0.05) is 29.3 Å². The first-order chi connectivity index (χ1) is 10.2. The number of aromatic nitrogens is 1. The van der Waals surface area contributed by atoms with Crippen LogP contribution in [0, 0.1) is 0 Å². The zero-order valence-corrected chi connectivity index (χ0v) is 13.6. The smallest absolute Gasteiger partial charge is 0.212 e. The molecule has 1 aliphatic carbocycles. The number of nitrogens with one attached hydrogen (secondary N) is 1. The van der Waals surface area contributed by atoms with Gasteiger partial charge in [-0.15, -0.1) is 0 Å². The predicted molar refractivity (Wildman–Crippen MR) is 87.5 cm³/mol. The Hall–Kier alpha value is -1.39. The van der Waals surface area contributed by atoms with E-state index >= 15 is 0 Å². The molecule has 0 spiro atoms. The summed E-state index contributed by atoms with van der Waals surface area (Å²) in [6.45, 7) is 0.870. The van der Waals surface area contributed by atoms with Crippen molar-refractivity contribution < 1.29 is 4.74 Å². The number of halogens is 1. The topological polar surface area (TPSA) is 34.1 Å². The number of rotatable bonds is 5. The lowest BCUT2D eigenvalue weighted by molar-refractivity contribution is 0.289. The van der Waals surface area contributed by atoms with E-state index in [1.165, 1.54) is 24.0 Å². The van der Waals surface area contributed by atoms with Gasteiger partial charge in [-0.05, 0) is 42.0 Å². The molecule has 4 heteroatoms. The number of nitrogens with zero attached hydrogens (tertiary/aromatic N) is 1. The molecule has 3 nitrogen and oxygen atoms in total. The standard InChI is InChI=1S/C17H19BrN2O/c1-21-17-7-2-12(11-20-17)10-19-16-8-14(9-16)13-3-5-15(18)6-4-13/h2-7,11,14,16,19H,8-10H2,1H3. The highest BCUT2D eigenvalue weighted by atomic mass is 79.9. The van der Waals surface area contributed by atoms with Crippen molar-refractivity contribution in [3.8, 4) is 5.88 Å². The largest absolute Gasteiger partial charge is 0.481 e. The number of ether oxygens (including phenoxy) is 1. The van der Waals surface area contributed by atoms with E-state index in [2.05, 4.69) is 56.6 Å². The molecule has 1 N–H and O–H groups in total. The van der Waals surface area contributed by atoms with Crippen LogP contribution in [0.25, 0.3) is 0 Å². The number of hydrogen-bond donors (Lipinski definition) is 1. The molecule has 0 amide bonds. The normalized spacial score (nSPS) is 20.9. The summed E-state index contributed by atoms with van der Waals surface area (Å²) >= 11 is 3.48. The lowest BCUT2D eigenvalue weighted by atomic mass is 9.76. The van der Waals surface area contributed by atoms with Crippen molar-refractivity contribution >= 4 is 15.9 Å². The molecule has 1 aromatic heterocycles. The van der Waals surface area contributed by atoms with Crippen LogP contribution in [0.2, 0.25) is 0 Å². The second-order valence-corrected chi connectivity index (χ2v) is 6.42. The molecule has 2 aromatic rings. The first kappa shape index (κ1) is 14.5. The van der Waals surface area contributed by atoms with Gasteiger partial charge in [0.15, 0.2) is 0 Å². The van der Waals surface area contributed by atoms with Crippen LogP contribution < -0.4 is 10.1 Å². The van der Waals surface area contributed by atoms with Gasteiger partial charge in [0.05, 0.1) is 7.11 Å². The predicted octanol–water partition coefficient (Wildman–Crippen LogP) is 3.89. The van der Waals surface area contributed by atoms with Crippen molar-refractivity contribution in [2.75, 3.05) is 7.11 Å². The van der Waals surface area contributed by atoms with Gasteiger partial charge in [-0.2, -0.15) is 0 Å². The minimum absolute atomic E-state index is 0.612. The molecule has 21 heavy (non-hydrogen) atoms. The van der Waals surface area contributed by atoms with E-state index < -0.39 is 0 Å². The van der Waals surface area contributed by atoms with E-state index in [1.54, 1.807) is 7.11 Å². The van der Waals surface area contributed by atoms with Gasteiger partial charge in [-0.1, -0.05) is 34.1 Å². The van der Waals surface area contributed by atoms with Crippen LogP contribution in [0.5, 0.6) is 5.88 Å². The molecule has 3 rings (SSSR count). The van der Waals surface area contributed by atoms with Crippen LogP contribution in [0.15, 0.2) is 47.1 Å². The van der Waals surface area contributed by atoms with Crippen LogP contribution in [-0.4, -0.2) is 18.1 Å². The quantitative estimate of drug-likeness (QED) is 0.891. The zero-order valence-electron chi connectivity index (χ0n) is 12.1. The first-order valence-electron chi connectivity index (χ1n) is 7.22. The van der Waals surface area contributed by atoms with E-state index in [0.717, 1.165) is 11.0 Å². The van der Waals surface area contributed by atoms with Crippen LogP contribution in [0.1, 0.15) is 29.9 Å². The summed E-state index contributed by atoms with van der Waals surface area (Å²) < 4.78 is 6.21. The third kappa shape index (κ3) is 3.63. The summed E-state index contributed by atoms with van der Waals surface area (Å²) in [7, 11) is 1.64. The van der Waals surface area contributed by atoms with Crippen LogP contribution in [-0.2, 0) is 6.54 Å². The molecule has 0 atom stereocenters. The number of hydrogen-bond acceptors (Lipinski definition) is 3. The summed E-state index contributed by atoms with van der Waals surface area (Å²) in [6.07, 6.45) is 4.30. The van der Waals surface area contributed by atoms with Gasteiger partial charge in [0.2, 0.25) is 5.88 Å². The Balaban J connectivity index is 1.45. The fourth-order valence-corrected chi connectivity index (χ4v) is 2.95. The molecule has 110 valence electrons. The Labute approximate surface area is 133 Å². The minimum Gasteiger partial charge on any atom is -0.481 e. The van der Waals surface area contributed by atoms with Crippen molar-refractivity contribution in [2.45, 2.75) is 31.3 Å². The molecule has 0 aliphatic heterocycles. The van der Waals surface area contributed by atoms with Crippen molar-refractivity contribution in [1.29, 1.82) is 0 Å². The highest BCUT2D eigenvalue weighted by Crippen LogP contribution is 2.37. The fraction of sp³-hybridized carbons (Fsp3) is 0.353. The number of pyridine rings is 1. The van der Waals surface area contributed by atoms with Crippen molar-refractivity contribution in [1.82, 2.24) is 10.3 Å². The third-order valence-corrected chi connectivity index (χ3v) is 4.61. The molecule has 0 saturated heterocycles. The summed E-state index contributed by atoms with van der Waals surface area (Å²) in [5, 5.41) is 3.59. The highest BCUT2D eigenvalue weighted by Gasteiger charge is 2.29. The molecular weight excluding hydrogens is 328 g/mol. The van der Waals surface area contributed by atoms with Gasteiger partial charge in [-0.25, -0.2) is 4.98 Å². The van der Waals surface area contributed by atoms with Crippen molar-refractivity contribution in [2.24, 2.45) is 0 Å². The van der Waals surface area contributed by atoms with E-state index in [4.69, 9.17) is 4.74 Å². The molecule has 0 radical (unpaired) electrons. The zero-order chi connectivity index (χ0) is 14.7. The Bertz CT molecular complexity index is 577. The molecular formula is C17H19BrN2O.